The Bertz CT molecular complexity index is 189. The van der Waals surface area contributed by atoms with Crippen LogP contribution in [0.3, 0.4) is 0 Å². The smallest absolute Gasteiger partial charge is 0.0214 e. The highest BCUT2D eigenvalue weighted by Crippen LogP contribution is 2.11. The molecule has 82 valence electrons. The lowest BCUT2D eigenvalue weighted by molar-refractivity contribution is 0.781. The highest BCUT2D eigenvalue weighted by atomic mass is 79.9. The summed E-state index contributed by atoms with van der Waals surface area (Å²) in [5.74, 6) is 0. The van der Waals surface area contributed by atoms with Crippen LogP contribution in [0.1, 0.15) is 52.9 Å². The molecule has 0 amide bonds. The number of unbranched alkanes of at least 4 members (excludes halogenated alkanes) is 1. The number of rotatable bonds is 7. The van der Waals surface area contributed by atoms with Crippen LogP contribution in [0.2, 0.25) is 0 Å². The Balaban J connectivity index is 3.64. The topological polar surface area (TPSA) is 0 Å². The second kappa shape index (κ2) is 9.51. The van der Waals surface area contributed by atoms with Crippen molar-refractivity contribution in [2.75, 3.05) is 5.33 Å². The Morgan fingerprint density at radius 1 is 1.07 bits per heavy atom. The molecule has 0 saturated carbocycles. The predicted octanol–water partition coefficient (Wildman–Crippen LogP) is 5.24. The Hall–Kier alpha value is -0.0400. The Morgan fingerprint density at radius 3 is 2.29 bits per heavy atom. The molecule has 0 spiro atoms. The number of alkyl halides is 1. The predicted molar refractivity (Wildman–Crippen MR) is 70.1 cm³/mol. The van der Waals surface area contributed by atoms with Crippen molar-refractivity contribution >= 4 is 15.9 Å². The number of halogens is 1. The van der Waals surface area contributed by atoms with Gasteiger partial charge in [-0.25, -0.2) is 0 Å². The maximum atomic E-state index is 3.41. The van der Waals surface area contributed by atoms with Gasteiger partial charge in [0.25, 0.3) is 0 Å². The van der Waals surface area contributed by atoms with E-state index in [1.165, 1.54) is 37.7 Å². The fourth-order valence-electron chi connectivity index (χ4n) is 1.34. The summed E-state index contributed by atoms with van der Waals surface area (Å²) in [5, 5.41) is 0.983. The molecule has 0 aliphatic heterocycles. The molecule has 1 heteroatoms. The first-order valence-corrected chi connectivity index (χ1v) is 6.70. The maximum absolute atomic E-state index is 3.41. The third-order valence-electron chi connectivity index (χ3n) is 2.38. The van der Waals surface area contributed by atoms with E-state index in [0.29, 0.717) is 0 Å². The minimum Gasteiger partial charge on any atom is -0.0883 e. The lowest BCUT2D eigenvalue weighted by atomic mass is 10.1. The molecule has 0 rings (SSSR count). The zero-order chi connectivity index (χ0) is 10.8. The van der Waals surface area contributed by atoms with Crippen molar-refractivity contribution in [3.63, 3.8) is 0 Å². The SMILES string of the molecule is CCCCC(C)=CCCC(C)=CCBr. The van der Waals surface area contributed by atoms with Gasteiger partial charge in [-0.1, -0.05) is 52.6 Å². The van der Waals surface area contributed by atoms with E-state index in [0.717, 1.165) is 5.33 Å². The molecule has 0 bridgehead atoms. The van der Waals surface area contributed by atoms with Gasteiger partial charge in [0, 0.05) is 5.33 Å². The highest BCUT2D eigenvalue weighted by Gasteiger charge is 1.90. The first-order chi connectivity index (χ1) is 6.70. The molecular formula is C13H23Br. The van der Waals surface area contributed by atoms with Crippen molar-refractivity contribution in [1.82, 2.24) is 0 Å². The van der Waals surface area contributed by atoms with E-state index in [4.69, 9.17) is 0 Å². The summed E-state index contributed by atoms with van der Waals surface area (Å²) in [5.41, 5.74) is 3.04. The van der Waals surface area contributed by atoms with Gasteiger partial charge >= 0.3 is 0 Å². The van der Waals surface area contributed by atoms with Gasteiger partial charge in [0.15, 0.2) is 0 Å². The van der Waals surface area contributed by atoms with Crippen LogP contribution < -0.4 is 0 Å². The standard InChI is InChI=1S/C13H23Br/c1-4-5-7-12(2)8-6-9-13(3)10-11-14/h8,10H,4-7,9,11H2,1-3H3. The average Bonchev–Trinajstić information content (AvgIpc) is 2.15. The summed E-state index contributed by atoms with van der Waals surface area (Å²) >= 11 is 3.41. The molecule has 0 aliphatic carbocycles. The maximum Gasteiger partial charge on any atom is 0.0214 e. The quantitative estimate of drug-likeness (QED) is 0.433. The van der Waals surface area contributed by atoms with E-state index in [9.17, 15) is 0 Å². The average molecular weight is 259 g/mol. The first-order valence-electron chi connectivity index (χ1n) is 5.58. The van der Waals surface area contributed by atoms with Crippen LogP contribution in [-0.2, 0) is 0 Å². The van der Waals surface area contributed by atoms with Crippen molar-refractivity contribution in [2.24, 2.45) is 0 Å². The summed E-state index contributed by atoms with van der Waals surface area (Å²) < 4.78 is 0. The van der Waals surface area contributed by atoms with Crippen LogP contribution in [0.5, 0.6) is 0 Å². The zero-order valence-electron chi connectivity index (χ0n) is 9.78. The van der Waals surface area contributed by atoms with E-state index in [1.807, 2.05) is 0 Å². The van der Waals surface area contributed by atoms with Gasteiger partial charge in [0.05, 0.1) is 0 Å². The summed E-state index contributed by atoms with van der Waals surface area (Å²) in [6.45, 7) is 6.70. The van der Waals surface area contributed by atoms with E-state index >= 15 is 0 Å². The molecule has 0 nitrogen and oxygen atoms in total. The monoisotopic (exact) mass is 258 g/mol. The van der Waals surface area contributed by atoms with Crippen molar-refractivity contribution in [3.8, 4) is 0 Å². The molecule has 0 atom stereocenters. The van der Waals surface area contributed by atoms with Crippen molar-refractivity contribution < 1.29 is 0 Å². The molecule has 0 aromatic heterocycles. The van der Waals surface area contributed by atoms with Crippen LogP contribution in [0.4, 0.5) is 0 Å². The summed E-state index contributed by atoms with van der Waals surface area (Å²) in [7, 11) is 0. The fraction of sp³-hybridized carbons (Fsp3) is 0.692. The van der Waals surface area contributed by atoms with E-state index in [1.54, 1.807) is 5.57 Å². The Kier molecular flexibility index (Phi) is 9.49. The molecule has 0 fully saturated rings. The fourth-order valence-corrected chi connectivity index (χ4v) is 1.89. The van der Waals surface area contributed by atoms with E-state index in [2.05, 4.69) is 48.9 Å². The van der Waals surface area contributed by atoms with Gasteiger partial charge in [-0.3, -0.25) is 0 Å². The lowest BCUT2D eigenvalue weighted by Gasteiger charge is -2.00. The van der Waals surface area contributed by atoms with Gasteiger partial charge in [-0.05, 0) is 39.5 Å². The van der Waals surface area contributed by atoms with Gasteiger partial charge in [0.2, 0.25) is 0 Å². The molecule has 14 heavy (non-hydrogen) atoms. The largest absolute Gasteiger partial charge is 0.0883 e. The van der Waals surface area contributed by atoms with Crippen LogP contribution in [0, 0.1) is 0 Å². The molecule has 0 aromatic carbocycles. The summed E-state index contributed by atoms with van der Waals surface area (Å²) in [6.07, 6.45) is 10.9. The van der Waals surface area contributed by atoms with E-state index in [-0.39, 0.29) is 0 Å². The van der Waals surface area contributed by atoms with Crippen molar-refractivity contribution in [3.05, 3.63) is 23.3 Å². The molecule has 0 saturated heterocycles. The van der Waals surface area contributed by atoms with Gasteiger partial charge in [-0.15, -0.1) is 0 Å². The second-order valence-electron chi connectivity index (χ2n) is 3.90. The third-order valence-corrected chi connectivity index (χ3v) is 2.71. The molecule has 0 N–H and O–H groups in total. The molecule has 0 aliphatic rings. The minimum absolute atomic E-state index is 0.983. The van der Waals surface area contributed by atoms with Gasteiger partial charge < -0.3 is 0 Å². The number of hydrogen-bond acceptors (Lipinski definition) is 0. The molecule has 0 unspecified atom stereocenters. The van der Waals surface area contributed by atoms with Gasteiger partial charge in [0.1, 0.15) is 0 Å². The first kappa shape index (κ1) is 14.0. The van der Waals surface area contributed by atoms with Crippen molar-refractivity contribution in [2.45, 2.75) is 52.9 Å². The number of allylic oxidation sites excluding steroid dienone is 4. The van der Waals surface area contributed by atoms with Crippen LogP contribution in [0.25, 0.3) is 0 Å². The molecule has 0 radical (unpaired) electrons. The van der Waals surface area contributed by atoms with Gasteiger partial charge in [-0.2, -0.15) is 0 Å². The zero-order valence-corrected chi connectivity index (χ0v) is 11.4. The normalized spacial score (nSPS) is 13.4. The third kappa shape index (κ3) is 8.55. The van der Waals surface area contributed by atoms with Crippen LogP contribution in [0.15, 0.2) is 23.3 Å². The Morgan fingerprint density at radius 2 is 1.71 bits per heavy atom. The van der Waals surface area contributed by atoms with Crippen molar-refractivity contribution in [1.29, 1.82) is 0 Å². The van der Waals surface area contributed by atoms with Crippen LogP contribution in [-0.4, -0.2) is 5.33 Å². The highest BCUT2D eigenvalue weighted by molar-refractivity contribution is 9.09. The molecule has 0 aromatic rings. The molecule has 0 heterocycles. The number of hydrogen-bond donors (Lipinski definition) is 0. The summed E-state index contributed by atoms with van der Waals surface area (Å²) in [4.78, 5) is 0. The Labute approximate surface area is 97.6 Å². The van der Waals surface area contributed by atoms with Crippen LogP contribution >= 0.6 is 15.9 Å². The van der Waals surface area contributed by atoms with E-state index < -0.39 is 0 Å². The lowest BCUT2D eigenvalue weighted by Crippen LogP contribution is -1.80. The summed E-state index contributed by atoms with van der Waals surface area (Å²) in [6, 6.07) is 0. The second-order valence-corrected chi connectivity index (χ2v) is 4.54. The molecular weight excluding hydrogens is 236 g/mol. The minimum atomic E-state index is 0.983.